The molecule has 2 aromatic rings. The third-order valence-electron chi connectivity index (χ3n) is 6.21. The second kappa shape index (κ2) is 14.8. The van der Waals surface area contributed by atoms with Crippen molar-refractivity contribution in [2.45, 2.75) is 43.7 Å². The van der Waals surface area contributed by atoms with Gasteiger partial charge in [0, 0.05) is 26.1 Å². The number of carbonyl (C=O) groups excluding carboxylic acids is 1. The van der Waals surface area contributed by atoms with Crippen LogP contribution in [0.25, 0.3) is 0 Å². The van der Waals surface area contributed by atoms with E-state index in [0.717, 1.165) is 0 Å². The van der Waals surface area contributed by atoms with Crippen LogP contribution in [-0.2, 0) is 9.59 Å². The Morgan fingerprint density at radius 3 is 2.37 bits per heavy atom. The van der Waals surface area contributed by atoms with E-state index in [2.05, 4.69) is 5.32 Å². The van der Waals surface area contributed by atoms with Crippen LogP contribution in [0.1, 0.15) is 30.9 Å². The van der Waals surface area contributed by atoms with Crippen molar-refractivity contribution in [3.05, 3.63) is 53.8 Å². The molecule has 2 aromatic carbocycles. The molecular formula is C27H32F4N2O8. The first-order chi connectivity index (χ1) is 19.4. The molecule has 1 saturated heterocycles. The number of hydrogen-bond donors (Lipinski definition) is 4. The minimum absolute atomic E-state index is 0.205. The van der Waals surface area contributed by atoms with Crippen molar-refractivity contribution in [3.8, 4) is 17.2 Å². The van der Waals surface area contributed by atoms with E-state index >= 15 is 0 Å². The molecule has 0 unspecified atom stereocenters. The van der Waals surface area contributed by atoms with Crippen molar-refractivity contribution in [3.63, 3.8) is 0 Å². The fraction of sp³-hybridized carbons (Fsp3) is 0.481. The SMILES string of the molecule is O=C(CCCOc1ccc(F)cc1)N[C@H](CN1CC[C@H](O)C1)[C@H](O)c1ccc2c(c1)OCCO2.O=C(O)C(F)(F)F. The van der Waals surface area contributed by atoms with E-state index in [0.29, 0.717) is 75.1 Å². The number of ether oxygens (including phenoxy) is 3. The number of alkyl halides is 3. The zero-order chi connectivity index (χ0) is 30.0. The quantitative estimate of drug-likeness (QED) is 0.244. The van der Waals surface area contributed by atoms with Gasteiger partial charge in [-0.15, -0.1) is 0 Å². The zero-order valence-corrected chi connectivity index (χ0v) is 22.0. The standard InChI is InChI=1S/C25H31FN2O6.C2HF3O2/c26-18-4-6-20(7-5-18)32-11-1-2-24(30)27-21(16-28-10-9-19(29)15-28)25(31)17-3-8-22-23(14-17)34-13-12-33-22;3-2(4,5)1(6)7/h3-8,14,19,21,25,29,31H,1-2,9-13,15-16H2,(H,27,30);(H,6,7)/t19-,21+,25+;/m0./s1. The molecule has 4 rings (SSSR count). The maximum Gasteiger partial charge on any atom is 0.490 e. The molecule has 0 aliphatic carbocycles. The molecule has 0 radical (unpaired) electrons. The Bertz CT molecular complexity index is 1150. The summed E-state index contributed by atoms with van der Waals surface area (Å²) in [5.41, 5.74) is 0.619. The minimum atomic E-state index is -5.08. The number of aliphatic carboxylic acids is 1. The number of rotatable bonds is 10. The number of fused-ring (bicyclic) bond motifs is 1. The van der Waals surface area contributed by atoms with Gasteiger partial charge >= 0.3 is 12.1 Å². The highest BCUT2D eigenvalue weighted by atomic mass is 19.4. The summed E-state index contributed by atoms with van der Waals surface area (Å²) < 4.78 is 61.4. The van der Waals surface area contributed by atoms with Gasteiger partial charge in [0.15, 0.2) is 11.5 Å². The number of nitrogens with one attached hydrogen (secondary N) is 1. The summed E-state index contributed by atoms with van der Waals surface area (Å²) in [5, 5.41) is 31.1. The molecule has 41 heavy (non-hydrogen) atoms. The predicted octanol–water partition coefficient (Wildman–Crippen LogP) is 2.67. The number of likely N-dealkylation sites (tertiary alicyclic amines) is 1. The minimum Gasteiger partial charge on any atom is -0.494 e. The normalized spacial score (nSPS) is 18.0. The van der Waals surface area contributed by atoms with Gasteiger partial charge in [0.1, 0.15) is 30.9 Å². The van der Waals surface area contributed by atoms with E-state index in [-0.39, 0.29) is 18.1 Å². The number of hydrogen-bond acceptors (Lipinski definition) is 8. The third-order valence-corrected chi connectivity index (χ3v) is 6.21. The second-order valence-corrected chi connectivity index (χ2v) is 9.43. The molecule has 0 spiro atoms. The summed E-state index contributed by atoms with van der Waals surface area (Å²) in [6.07, 6.45) is -5.09. The molecule has 2 aliphatic rings. The van der Waals surface area contributed by atoms with Crippen molar-refractivity contribution in [2.24, 2.45) is 0 Å². The molecule has 3 atom stereocenters. The van der Waals surface area contributed by atoms with Crippen LogP contribution in [0.3, 0.4) is 0 Å². The van der Waals surface area contributed by atoms with Crippen LogP contribution in [0.15, 0.2) is 42.5 Å². The van der Waals surface area contributed by atoms with Crippen LogP contribution in [0.2, 0.25) is 0 Å². The lowest BCUT2D eigenvalue weighted by atomic mass is 10.0. The van der Waals surface area contributed by atoms with Crippen molar-refractivity contribution < 1.29 is 56.7 Å². The fourth-order valence-electron chi connectivity index (χ4n) is 4.19. The molecular weight excluding hydrogens is 556 g/mol. The van der Waals surface area contributed by atoms with Crippen LogP contribution >= 0.6 is 0 Å². The Morgan fingerprint density at radius 1 is 1.10 bits per heavy atom. The predicted molar refractivity (Wildman–Crippen MR) is 136 cm³/mol. The van der Waals surface area contributed by atoms with Gasteiger partial charge in [-0.1, -0.05) is 6.07 Å². The summed E-state index contributed by atoms with van der Waals surface area (Å²) >= 11 is 0. The van der Waals surface area contributed by atoms with Crippen LogP contribution in [-0.4, -0.2) is 89.9 Å². The smallest absolute Gasteiger partial charge is 0.490 e. The van der Waals surface area contributed by atoms with Gasteiger partial charge in [0.25, 0.3) is 0 Å². The molecule has 14 heteroatoms. The van der Waals surface area contributed by atoms with Crippen LogP contribution < -0.4 is 19.5 Å². The van der Waals surface area contributed by atoms with E-state index in [4.69, 9.17) is 24.1 Å². The molecule has 1 amide bonds. The fourth-order valence-corrected chi connectivity index (χ4v) is 4.19. The van der Waals surface area contributed by atoms with Gasteiger partial charge in [-0.3, -0.25) is 9.69 Å². The second-order valence-electron chi connectivity index (χ2n) is 9.43. The first-order valence-corrected chi connectivity index (χ1v) is 12.9. The number of halogens is 4. The summed E-state index contributed by atoms with van der Waals surface area (Å²) in [4.78, 5) is 23.6. The maximum atomic E-state index is 13.0. The zero-order valence-electron chi connectivity index (χ0n) is 22.0. The number of carbonyl (C=O) groups is 2. The summed E-state index contributed by atoms with van der Waals surface area (Å²) in [7, 11) is 0. The van der Waals surface area contributed by atoms with E-state index in [9.17, 15) is 32.6 Å². The monoisotopic (exact) mass is 588 g/mol. The summed E-state index contributed by atoms with van der Waals surface area (Å²) in [6, 6.07) is 10.4. The number of carboxylic acids is 1. The molecule has 0 saturated carbocycles. The highest BCUT2D eigenvalue weighted by molar-refractivity contribution is 5.76. The first kappa shape index (κ1) is 31.9. The number of amides is 1. The lowest BCUT2D eigenvalue weighted by Gasteiger charge is -2.29. The van der Waals surface area contributed by atoms with Crippen molar-refractivity contribution in [1.29, 1.82) is 0 Å². The molecule has 1 fully saturated rings. The molecule has 226 valence electrons. The van der Waals surface area contributed by atoms with Gasteiger partial charge in [0.2, 0.25) is 5.91 Å². The van der Waals surface area contributed by atoms with Gasteiger partial charge in [-0.05, 0) is 54.8 Å². The summed E-state index contributed by atoms with van der Waals surface area (Å²) in [6.45, 7) is 2.85. The van der Waals surface area contributed by atoms with Gasteiger partial charge in [-0.2, -0.15) is 13.2 Å². The van der Waals surface area contributed by atoms with Crippen molar-refractivity contribution >= 4 is 11.9 Å². The number of β-amino-alcohol motifs (C(OH)–C–C–N with tert-alkyl or cyclic N) is 1. The van der Waals surface area contributed by atoms with Crippen molar-refractivity contribution in [1.82, 2.24) is 10.2 Å². The van der Waals surface area contributed by atoms with E-state index < -0.39 is 30.4 Å². The molecule has 2 aliphatic heterocycles. The Morgan fingerprint density at radius 2 is 1.76 bits per heavy atom. The third kappa shape index (κ3) is 10.4. The lowest BCUT2D eigenvalue weighted by molar-refractivity contribution is -0.192. The number of benzene rings is 2. The number of carboxylic acid groups (broad SMARTS) is 1. The number of nitrogens with zero attached hydrogens (tertiary/aromatic N) is 1. The average molecular weight is 589 g/mol. The topological polar surface area (TPSA) is 138 Å². The molecule has 2 heterocycles. The van der Waals surface area contributed by atoms with Crippen molar-refractivity contribution in [2.75, 3.05) is 39.5 Å². The van der Waals surface area contributed by atoms with E-state index in [1.807, 2.05) is 4.90 Å². The first-order valence-electron chi connectivity index (χ1n) is 12.9. The average Bonchev–Trinajstić information content (AvgIpc) is 3.35. The van der Waals surface area contributed by atoms with Crippen LogP contribution in [0.4, 0.5) is 17.6 Å². The Kier molecular flexibility index (Phi) is 11.6. The van der Waals surface area contributed by atoms with Gasteiger partial charge in [0.05, 0.1) is 18.8 Å². The Hall–Kier alpha value is -3.62. The Balaban J connectivity index is 0.000000587. The highest BCUT2D eigenvalue weighted by Crippen LogP contribution is 2.33. The lowest BCUT2D eigenvalue weighted by Crippen LogP contribution is -2.47. The molecule has 0 bridgehead atoms. The molecule has 10 nitrogen and oxygen atoms in total. The number of aliphatic hydroxyl groups is 2. The largest absolute Gasteiger partial charge is 0.494 e. The van der Waals surface area contributed by atoms with E-state index in [1.165, 1.54) is 12.1 Å². The summed E-state index contributed by atoms with van der Waals surface area (Å²) in [5.74, 6) is -1.55. The van der Waals surface area contributed by atoms with E-state index in [1.54, 1.807) is 30.3 Å². The Labute approximate surface area is 233 Å². The maximum absolute atomic E-state index is 13.0. The van der Waals surface area contributed by atoms with Crippen LogP contribution in [0, 0.1) is 5.82 Å². The molecule has 4 N–H and O–H groups in total. The van der Waals surface area contributed by atoms with Gasteiger partial charge < -0.3 is 34.8 Å². The van der Waals surface area contributed by atoms with Gasteiger partial charge in [-0.25, -0.2) is 9.18 Å². The number of aliphatic hydroxyl groups excluding tert-OH is 2. The van der Waals surface area contributed by atoms with Crippen LogP contribution in [0.5, 0.6) is 17.2 Å². The molecule has 0 aromatic heterocycles. The highest BCUT2D eigenvalue weighted by Gasteiger charge is 2.38.